The number of halogens is 2. The predicted octanol–water partition coefficient (Wildman–Crippen LogP) is 4.54. The Labute approximate surface area is 128 Å². The molecule has 0 bridgehead atoms. The minimum absolute atomic E-state index is 0.730. The van der Waals surface area contributed by atoms with Crippen LogP contribution in [0.1, 0.15) is 11.4 Å². The third kappa shape index (κ3) is 2.21. The van der Waals surface area contributed by atoms with Gasteiger partial charge in [0.2, 0.25) is 5.78 Å². The quantitative estimate of drug-likeness (QED) is 0.620. The second-order valence-corrected chi connectivity index (χ2v) is 6.11. The van der Waals surface area contributed by atoms with E-state index >= 15 is 0 Å². The van der Waals surface area contributed by atoms with Crippen LogP contribution in [0.2, 0.25) is 0 Å². The van der Waals surface area contributed by atoms with Crippen LogP contribution < -0.4 is 0 Å². The molecule has 0 radical (unpaired) electrons. The third-order valence-electron chi connectivity index (χ3n) is 3.07. The van der Waals surface area contributed by atoms with Crippen LogP contribution in [0.15, 0.2) is 39.4 Å². The molecule has 0 N–H and O–H groups in total. The predicted molar refractivity (Wildman–Crippen MR) is 83.3 cm³/mol. The lowest BCUT2D eigenvalue weighted by Gasteiger charge is -2.04. The van der Waals surface area contributed by atoms with Crippen molar-refractivity contribution >= 4 is 37.6 Å². The molecule has 3 nitrogen and oxygen atoms in total. The van der Waals surface area contributed by atoms with E-state index in [4.69, 9.17) is 0 Å². The Balaban J connectivity index is 2.25. The van der Waals surface area contributed by atoms with Gasteiger partial charge in [0.25, 0.3) is 0 Å². The zero-order valence-corrected chi connectivity index (χ0v) is 13.7. The number of fused-ring (bicyclic) bond motifs is 1. The number of benzene rings is 1. The largest absolute Gasteiger partial charge is 0.287 e. The van der Waals surface area contributed by atoms with Gasteiger partial charge in [-0.3, -0.25) is 4.40 Å². The molecule has 0 aliphatic rings. The summed E-state index contributed by atoms with van der Waals surface area (Å²) in [5, 5.41) is 0. The summed E-state index contributed by atoms with van der Waals surface area (Å²) in [6, 6.07) is 8.11. The molecule has 0 fully saturated rings. The fourth-order valence-corrected chi connectivity index (χ4v) is 2.73. The lowest BCUT2D eigenvalue weighted by atomic mass is 10.2. The Morgan fingerprint density at radius 3 is 2.63 bits per heavy atom. The van der Waals surface area contributed by atoms with Gasteiger partial charge in [0.15, 0.2) is 0 Å². The van der Waals surface area contributed by atoms with Crippen molar-refractivity contribution in [1.82, 2.24) is 14.4 Å². The average molecular weight is 381 g/mol. The zero-order valence-electron chi connectivity index (χ0n) is 10.5. The van der Waals surface area contributed by atoms with Crippen LogP contribution >= 0.6 is 31.9 Å². The molecule has 96 valence electrons. The summed E-state index contributed by atoms with van der Waals surface area (Å²) >= 11 is 7.04. The number of hydrogen-bond donors (Lipinski definition) is 0. The summed E-state index contributed by atoms with van der Waals surface area (Å²) in [6.45, 7) is 4.03. The molecule has 0 amide bonds. The molecule has 2 aromatic heterocycles. The van der Waals surface area contributed by atoms with E-state index in [0.29, 0.717) is 0 Å². The van der Waals surface area contributed by atoms with Crippen molar-refractivity contribution in [3.05, 3.63) is 50.8 Å². The summed E-state index contributed by atoms with van der Waals surface area (Å²) in [7, 11) is 0. The van der Waals surface area contributed by atoms with Crippen LogP contribution in [0.4, 0.5) is 0 Å². The van der Waals surface area contributed by atoms with Gasteiger partial charge in [-0.25, -0.2) is 9.97 Å². The van der Waals surface area contributed by atoms with Gasteiger partial charge in [0.1, 0.15) is 0 Å². The van der Waals surface area contributed by atoms with E-state index in [1.165, 1.54) is 0 Å². The van der Waals surface area contributed by atoms with Crippen molar-refractivity contribution in [2.24, 2.45) is 0 Å². The first kappa shape index (κ1) is 12.8. The molecule has 2 heterocycles. The highest BCUT2D eigenvalue weighted by atomic mass is 79.9. The molecule has 19 heavy (non-hydrogen) atoms. The van der Waals surface area contributed by atoms with Crippen LogP contribution in [0.3, 0.4) is 0 Å². The van der Waals surface area contributed by atoms with Gasteiger partial charge in [-0.2, -0.15) is 0 Å². The summed E-state index contributed by atoms with van der Waals surface area (Å²) in [6.07, 6.45) is 2.02. The van der Waals surface area contributed by atoms with Crippen LogP contribution in [0.5, 0.6) is 0 Å². The molecule has 3 rings (SSSR count). The number of hydrogen-bond acceptors (Lipinski definition) is 2. The van der Waals surface area contributed by atoms with Gasteiger partial charge in [-0.1, -0.05) is 28.1 Å². The lowest BCUT2D eigenvalue weighted by molar-refractivity contribution is 0.996. The highest BCUT2D eigenvalue weighted by molar-refractivity contribution is 9.10. The number of nitrogens with zero attached hydrogens (tertiary/aromatic N) is 3. The molecule has 1 aromatic carbocycles. The molecule has 0 aliphatic carbocycles. The summed E-state index contributed by atoms with van der Waals surface area (Å²) in [5.74, 6) is 0.730. The van der Waals surface area contributed by atoms with Gasteiger partial charge < -0.3 is 0 Å². The number of imidazole rings is 1. The van der Waals surface area contributed by atoms with E-state index in [1.54, 1.807) is 0 Å². The summed E-state index contributed by atoms with van der Waals surface area (Å²) in [4.78, 5) is 9.09. The van der Waals surface area contributed by atoms with E-state index in [9.17, 15) is 0 Å². The van der Waals surface area contributed by atoms with Crippen LogP contribution in [0.25, 0.3) is 17.0 Å². The molecule has 0 aliphatic heterocycles. The van der Waals surface area contributed by atoms with E-state index in [2.05, 4.69) is 54.8 Å². The van der Waals surface area contributed by atoms with Crippen molar-refractivity contribution in [2.75, 3.05) is 0 Å². The minimum Gasteiger partial charge on any atom is -0.287 e. The van der Waals surface area contributed by atoms with Gasteiger partial charge in [0, 0.05) is 21.9 Å². The fraction of sp³-hybridized carbons (Fsp3) is 0.143. The van der Waals surface area contributed by atoms with Crippen LogP contribution in [0, 0.1) is 13.8 Å². The SMILES string of the molecule is Cc1nc2nc(-c3cccc(Br)c3)cn2c(C)c1Br. The van der Waals surface area contributed by atoms with Gasteiger partial charge in [0.05, 0.1) is 15.9 Å². The van der Waals surface area contributed by atoms with E-state index in [0.717, 1.165) is 37.4 Å². The molecular weight excluding hydrogens is 370 g/mol. The molecule has 0 saturated carbocycles. The van der Waals surface area contributed by atoms with Crippen molar-refractivity contribution in [1.29, 1.82) is 0 Å². The fourth-order valence-electron chi connectivity index (χ4n) is 2.05. The molecule has 0 saturated heterocycles. The van der Waals surface area contributed by atoms with Crippen molar-refractivity contribution in [3.63, 3.8) is 0 Å². The molecule has 3 aromatic rings. The molecule has 0 atom stereocenters. The molecule has 5 heteroatoms. The van der Waals surface area contributed by atoms with Crippen molar-refractivity contribution < 1.29 is 0 Å². The van der Waals surface area contributed by atoms with Crippen molar-refractivity contribution in [2.45, 2.75) is 13.8 Å². The maximum absolute atomic E-state index is 4.60. The van der Waals surface area contributed by atoms with Crippen LogP contribution in [-0.2, 0) is 0 Å². The van der Waals surface area contributed by atoms with E-state index in [-0.39, 0.29) is 0 Å². The Morgan fingerprint density at radius 2 is 1.89 bits per heavy atom. The lowest BCUT2D eigenvalue weighted by Crippen LogP contribution is -1.97. The van der Waals surface area contributed by atoms with E-state index in [1.807, 2.05) is 35.7 Å². The molecular formula is C14H11Br2N3. The van der Waals surface area contributed by atoms with Gasteiger partial charge in [-0.15, -0.1) is 0 Å². The van der Waals surface area contributed by atoms with E-state index < -0.39 is 0 Å². The zero-order chi connectivity index (χ0) is 13.6. The summed E-state index contributed by atoms with van der Waals surface area (Å²) < 4.78 is 4.08. The Kier molecular flexibility index (Phi) is 3.19. The Morgan fingerprint density at radius 1 is 1.11 bits per heavy atom. The highest BCUT2D eigenvalue weighted by Gasteiger charge is 2.11. The monoisotopic (exact) mass is 379 g/mol. The highest BCUT2D eigenvalue weighted by Crippen LogP contribution is 2.25. The standard InChI is InChI=1S/C14H11Br2N3/c1-8-13(16)9(2)19-7-12(18-14(19)17-8)10-4-3-5-11(15)6-10/h3-7H,1-2H3. The maximum atomic E-state index is 4.60. The first-order chi connectivity index (χ1) is 9.06. The second kappa shape index (κ2) is 4.72. The topological polar surface area (TPSA) is 30.2 Å². The molecule has 0 unspecified atom stereocenters. The van der Waals surface area contributed by atoms with Gasteiger partial charge >= 0.3 is 0 Å². The van der Waals surface area contributed by atoms with Crippen LogP contribution in [-0.4, -0.2) is 14.4 Å². The second-order valence-electron chi connectivity index (χ2n) is 4.40. The Hall–Kier alpha value is -1.20. The Bertz CT molecular complexity index is 778. The third-order valence-corrected chi connectivity index (χ3v) is 4.71. The number of aromatic nitrogens is 3. The van der Waals surface area contributed by atoms with Crippen molar-refractivity contribution in [3.8, 4) is 11.3 Å². The first-order valence-electron chi connectivity index (χ1n) is 5.84. The number of rotatable bonds is 1. The summed E-state index contributed by atoms with van der Waals surface area (Å²) in [5.41, 5.74) is 4.06. The number of aryl methyl sites for hydroxylation is 2. The van der Waals surface area contributed by atoms with Gasteiger partial charge in [-0.05, 0) is 41.9 Å². The first-order valence-corrected chi connectivity index (χ1v) is 7.42. The molecule has 0 spiro atoms. The normalized spacial score (nSPS) is 11.2. The average Bonchev–Trinajstić information content (AvgIpc) is 2.80. The minimum atomic E-state index is 0.730. The maximum Gasteiger partial charge on any atom is 0.234 e. The smallest absolute Gasteiger partial charge is 0.234 e.